The maximum absolute atomic E-state index is 15.1. The Bertz CT molecular complexity index is 1270. The van der Waals surface area contributed by atoms with Gasteiger partial charge in [0, 0.05) is 25.6 Å². The SMILES string of the molecule is N#Cc1ccc(-c2ccc(-c3n[nH]c(=O)n3C[C@@H]3CCN(C(=O)C4CC4)C3)c(F)c2)cc1. The number of carbonyl (C=O) groups is 1. The van der Waals surface area contributed by atoms with Crippen molar-refractivity contribution in [1.29, 1.82) is 5.26 Å². The molecule has 0 spiro atoms. The Balaban J connectivity index is 1.37. The lowest BCUT2D eigenvalue weighted by molar-refractivity contribution is -0.131. The summed E-state index contributed by atoms with van der Waals surface area (Å²) in [7, 11) is 0. The molecule has 2 aliphatic rings. The number of halogens is 1. The van der Waals surface area contributed by atoms with Gasteiger partial charge in [-0.3, -0.25) is 9.36 Å². The smallest absolute Gasteiger partial charge is 0.342 e. The minimum absolute atomic E-state index is 0.132. The fourth-order valence-electron chi connectivity index (χ4n) is 4.33. The van der Waals surface area contributed by atoms with E-state index in [4.69, 9.17) is 5.26 Å². The zero-order valence-electron chi connectivity index (χ0n) is 17.4. The molecular formula is C24H22FN5O2. The number of nitrogens with zero attached hydrogens (tertiary/aromatic N) is 4. The molecule has 8 heteroatoms. The van der Waals surface area contributed by atoms with E-state index in [1.807, 2.05) is 4.90 Å². The van der Waals surface area contributed by atoms with Crippen LogP contribution in [0.4, 0.5) is 4.39 Å². The zero-order chi connectivity index (χ0) is 22.2. The number of hydrogen-bond acceptors (Lipinski definition) is 4. The minimum atomic E-state index is -0.482. The molecule has 1 saturated heterocycles. The third-order valence-electron chi connectivity index (χ3n) is 6.28. The van der Waals surface area contributed by atoms with Gasteiger partial charge in [0.05, 0.1) is 17.2 Å². The maximum Gasteiger partial charge on any atom is 0.343 e. The average Bonchev–Trinajstić information content (AvgIpc) is 3.46. The number of benzene rings is 2. The first kappa shape index (κ1) is 20.2. The van der Waals surface area contributed by atoms with Gasteiger partial charge in [-0.1, -0.05) is 18.2 Å². The summed E-state index contributed by atoms with van der Waals surface area (Å²) in [6, 6.07) is 13.8. The van der Waals surface area contributed by atoms with E-state index in [0.717, 1.165) is 24.8 Å². The van der Waals surface area contributed by atoms with Gasteiger partial charge in [-0.2, -0.15) is 10.4 Å². The van der Waals surface area contributed by atoms with E-state index in [1.165, 1.54) is 10.6 Å². The lowest BCUT2D eigenvalue weighted by Crippen LogP contribution is -2.31. The molecule has 1 saturated carbocycles. The van der Waals surface area contributed by atoms with Crippen LogP contribution in [0.3, 0.4) is 0 Å². The van der Waals surface area contributed by atoms with E-state index >= 15 is 4.39 Å². The van der Waals surface area contributed by atoms with Crippen molar-refractivity contribution < 1.29 is 9.18 Å². The summed E-state index contributed by atoms with van der Waals surface area (Å²) in [6.45, 7) is 1.71. The Labute approximate surface area is 184 Å². The molecule has 1 aromatic heterocycles. The summed E-state index contributed by atoms with van der Waals surface area (Å²) in [4.78, 5) is 26.6. The second-order valence-electron chi connectivity index (χ2n) is 8.56. The molecule has 1 amide bonds. The van der Waals surface area contributed by atoms with E-state index in [-0.39, 0.29) is 34.8 Å². The van der Waals surface area contributed by atoms with Crippen LogP contribution in [0.2, 0.25) is 0 Å². The summed E-state index contributed by atoms with van der Waals surface area (Å²) in [6.07, 6.45) is 2.77. The fourth-order valence-corrected chi connectivity index (χ4v) is 4.33. The van der Waals surface area contributed by atoms with Crippen LogP contribution in [-0.4, -0.2) is 38.7 Å². The Kier molecular flexibility index (Phi) is 5.10. The molecule has 32 heavy (non-hydrogen) atoms. The molecule has 5 rings (SSSR count). The van der Waals surface area contributed by atoms with E-state index in [9.17, 15) is 9.59 Å². The quantitative estimate of drug-likeness (QED) is 0.671. The monoisotopic (exact) mass is 431 g/mol. The van der Waals surface area contributed by atoms with Gasteiger partial charge in [-0.05, 0) is 60.6 Å². The van der Waals surface area contributed by atoms with Crippen molar-refractivity contribution in [3.05, 3.63) is 64.3 Å². The third-order valence-corrected chi connectivity index (χ3v) is 6.28. The van der Waals surface area contributed by atoms with E-state index in [2.05, 4.69) is 16.3 Å². The van der Waals surface area contributed by atoms with Crippen LogP contribution in [-0.2, 0) is 11.3 Å². The lowest BCUT2D eigenvalue weighted by atomic mass is 10.0. The van der Waals surface area contributed by atoms with Crippen LogP contribution in [0.15, 0.2) is 47.3 Å². The normalized spacial score (nSPS) is 18.0. The molecular weight excluding hydrogens is 409 g/mol. The first-order chi connectivity index (χ1) is 15.5. The van der Waals surface area contributed by atoms with Gasteiger partial charge in [-0.15, -0.1) is 0 Å². The van der Waals surface area contributed by atoms with Crippen LogP contribution < -0.4 is 5.69 Å². The first-order valence-electron chi connectivity index (χ1n) is 10.8. The summed E-state index contributed by atoms with van der Waals surface area (Å²) in [5.74, 6) is 0.309. The van der Waals surface area contributed by atoms with E-state index < -0.39 is 5.82 Å². The van der Waals surface area contributed by atoms with Crippen molar-refractivity contribution in [1.82, 2.24) is 19.7 Å². The topological polar surface area (TPSA) is 94.8 Å². The second-order valence-corrected chi connectivity index (χ2v) is 8.56. The number of likely N-dealkylation sites (tertiary alicyclic amines) is 1. The van der Waals surface area contributed by atoms with Crippen molar-refractivity contribution >= 4 is 5.91 Å². The van der Waals surface area contributed by atoms with Crippen LogP contribution in [0.25, 0.3) is 22.5 Å². The van der Waals surface area contributed by atoms with Crippen LogP contribution in [0.5, 0.6) is 0 Å². The highest BCUT2D eigenvalue weighted by atomic mass is 19.1. The number of nitriles is 1. The van der Waals surface area contributed by atoms with Crippen LogP contribution in [0.1, 0.15) is 24.8 Å². The second kappa shape index (κ2) is 8.08. The predicted molar refractivity (Wildman–Crippen MR) is 116 cm³/mol. The molecule has 2 heterocycles. The highest BCUT2D eigenvalue weighted by molar-refractivity contribution is 5.81. The summed E-state index contributed by atoms with van der Waals surface area (Å²) in [5, 5.41) is 15.4. The van der Waals surface area contributed by atoms with E-state index in [1.54, 1.807) is 36.4 Å². The van der Waals surface area contributed by atoms with Gasteiger partial charge >= 0.3 is 5.69 Å². The van der Waals surface area contributed by atoms with Gasteiger partial charge in [0.2, 0.25) is 5.91 Å². The highest BCUT2D eigenvalue weighted by Crippen LogP contribution is 2.33. The Morgan fingerprint density at radius 2 is 1.91 bits per heavy atom. The van der Waals surface area contributed by atoms with Crippen molar-refractivity contribution in [3.8, 4) is 28.6 Å². The van der Waals surface area contributed by atoms with Crippen molar-refractivity contribution in [3.63, 3.8) is 0 Å². The Hall–Kier alpha value is -3.73. The van der Waals surface area contributed by atoms with Gasteiger partial charge in [-0.25, -0.2) is 14.3 Å². The molecule has 1 aliphatic heterocycles. The number of aromatic nitrogens is 3. The molecule has 0 radical (unpaired) electrons. The van der Waals surface area contributed by atoms with Crippen molar-refractivity contribution in [2.45, 2.75) is 25.8 Å². The van der Waals surface area contributed by atoms with Gasteiger partial charge in [0.25, 0.3) is 0 Å². The molecule has 162 valence electrons. The Morgan fingerprint density at radius 1 is 1.16 bits per heavy atom. The number of nitrogens with one attached hydrogen (secondary N) is 1. The number of rotatable bonds is 5. The van der Waals surface area contributed by atoms with Crippen molar-refractivity contribution in [2.24, 2.45) is 11.8 Å². The number of aromatic amines is 1. The molecule has 1 aliphatic carbocycles. The average molecular weight is 431 g/mol. The first-order valence-corrected chi connectivity index (χ1v) is 10.8. The Morgan fingerprint density at radius 3 is 2.59 bits per heavy atom. The molecule has 2 fully saturated rings. The third kappa shape index (κ3) is 3.82. The number of H-pyrrole nitrogens is 1. The maximum atomic E-state index is 15.1. The van der Waals surface area contributed by atoms with E-state index in [0.29, 0.717) is 30.8 Å². The standard InChI is InChI=1S/C24H22FN5O2/c25-21-11-19(17-3-1-15(12-26)2-4-17)7-8-20(21)22-27-28-24(32)30(22)14-16-9-10-29(13-16)23(31)18-5-6-18/h1-4,7-8,11,16,18H,5-6,9-10,13-14H2,(H,28,32)/t16-/m1/s1. The fraction of sp³-hybridized carbons (Fsp3) is 0.333. The molecule has 3 aromatic rings. The molecule has 7 nitrogen and oxygen atoms in total. The van der Waals surface area contributed by atoms with Crippen LogP contribution >= 0.6 is 0 Å². The molecule has 1 N–H and O–H groups in total. The van der Waals surface area contributed by atoms with Gasteiger partial charge in [0.1, 0.15) is 5.82 Å². The summed E-state index contributed by atoms with van der Waals surface area (Å²) in [5.41, 5.74) is 1.85. The molecule has 1 atom stereocenters. The minimum Gasteiger partial charge on any atom is -0.342 e. The molecule has 2 aromatic carbocycles. The summed E-state index contributed by atoms with van der Waals surface area (Å²) >= 11 is 0. The van der Waals surface area contributed by atoms with Gasteiger partial charge in [0.15, 0.2) is 5.82 Å². The number of carbonyl (C=O) groups excluding carboxylic acids is 1. The van der Waals surface area contributed by atoms with Crippen LogP contribution in [0, 0.1) is 29.0 Å². The highest BCUT2D eigenvalue weighted by Gasteiger charge is 2.36. The van der Waals surface area contributed by atoms with Crippen molar-refractivity contribution in [2.75, 3.05) is 13.1 Å². The predicted octanol–water partition coefficient (Wildman–Crippen LogP) is 3.17. The molecule has 0 unspecified atom stereocenters. The molecule has 0 bridgehead atoms. The van der Waals surface area contributed by atoms with Gasteiger partial charge < -0.3 is 4.90 Å². The summed E-state index contributed by atoms with van der Waals surface area (Å²) < 4.78 is 16.5. The number of hydrogen-bond donors (Lipinski definition) is 1. The zero-order valence-corrected chi connectivity index (χ0v) is 17.4. The largest absolute Gasteiger partial charge is 0.343 e. The number of amides is 1. The lowest BCUT2D eigenvalue weighted by Gasteiger charge is -2.16.